The first kappa shape index (κ1) is 18.7. The number of allylic oxidation sites excluding steroid dienone is 1. The van der Waals surface area contributed by atoms with Gasteiger partial charge in [0.2, 0.25) is 15.9 Å². The molecule has 6 heteroatoms. The number of nitrogens with zero attached hydrogens (tertiary/aromatic N) is 1. The minimum atomic E-state index is -3.64. The largest absolute Gasteiger partial charge is 0.355 e. The van der Waals surface area contributed by atoms with E-state index in [9.17, 15) is 13.2 Å². The molecule has 132 valence electrons. The highest BCUT2D eigenvalue weighted by Crippen LogP contribution is 2.19. The van der Waals surface area contributed by atoms with Gasteiger partial charge in [-0.15, -0.1) is 0 Å². The molecule has 1 aromatic rings. The van der Waals surface area contributed by atoms with Gasteiger partial charge in [0.15, 0.2) is 0 Å². The summed E-state index contributed by atoms with van der Waals surface area (Å²) in [6.07, 6.45) is 7.80. The minimum absolute atomic E-state index is 0.171. The summed E-state index contributed by atoms with van der Waals surface area (Å²) in [7, 11) is -2.21. The Morgan fingerprint density at radius 1 is 1.21 bits per heavy atom. The van der Waals surface area contributed by atoms with Crippen LogP contribution in [0.5, 0.6) is 0 Å². The van der Waals surface area contributed by atoms with Crippen LogP contribution in [0.1, 0.15) is 37.7 Å². The fourth-order valence-corrected chi connectivity index (χ4v) is 3.85. The van der Waals surface area contributed by atoms with Gasteiger partial charge in [-0.2, -0.15) is 4.31 Å². The van der Waals surface area contributed by atoms with Crippen LogP contribution in [0.25, 0.3) is 0 Å². The van der Waals surface area contributed by atoms with Crippen LogP contribution in [0.4, 0.5) is 0 Å². The fraction of sp³-hybridized carbons (Fsp3) is 0.500. The van der Waals surface area contributed by atoms with Gasteiger partial charge in [0.05, 0.1) is 11.4 Å². The Morgan fingerprint density at radius 2 is 1.92 bits per heavy atom. The second-order valence-electron chi connectivity index (χ2n) is 6.28. The summed E-state index contributed by atoms with van der Waals surface area (Å²) in [5.74, 6) is -0.274. The Labute approximate surface area is 144 Å². The van der Waals surface area contributed by atoms with Crippen LogP contribution in [0.3, 0.4) is 0 Å². The zero-order valence-corrected chi connectivity index (χ0v) is 15.2. The third-order valence-corrected chi connectivity index (χ3v) is 6.07. The van der Waals surface area contributed by atoms with Crippen LogP contribution >= 0.6 is 0 Å². The molecule has 0 spiro atoms. The highest BCUT2D eigenvalue weighted by atomic mass is 32.2. The third-order valence-electron chi connectivity index (χ3n) is 4.25. The molecule has 1 N–H and O–H groups in total. The van der Waals surface area contributed by atoms with E-state index in [0.717, 1.165) is 29.1 Å². The smallest absolute Gasteiger partial charge is 0.243 e. The number of hydrogen-bond acceptors (Lipinski definition) is 3. The van der Waals surface area contributed by atoms with E-state index in [1.807, 2.05) is 6.92 Å². The van der Waals surface area contributed by atoms with Crippen molar-refractivity contribution in [1.29, 1.82) is 0 Å². The zero-order valence-electron chi connectivity index (χ0n) is 14.4. The van der Waals surface area contributed by atoms with Gasteiger partial charge in [0.25, 0.3) is 0 Å². The molecule has 0 fully saturated rings. The fourth-order valence-electron chi connectivity index (χ4n) is 2.73. The molecule has 1 amide bonds. The topological polar surface area (TPSA) is 66.5 Å². The average molecular weight is 350 g/mol. The van der Waals surface area contributed by atoms with Crippen molar-refractivity contribution in [2.24, 2.45) is 0 Å². The molecule has 2 rings (SSSR count). The summed E-state index contributed by atoms with van der Waals surface area (Å²) in [6, 6.07) is 6.63. The average Bonchev–Trinajstić information content (AvgIpc) is 2.56. The molecule has 0 atom stereocenters. The van der Waals surface area contributed by atoms with Gasteiger partial charge in [-0.05, 0) is 51.2 Å². The molecular formula is C18H26N2O3S. The maximum absolute atomic E-state index is 12.4. The van der Waals surface area contributed by atoms with Crippen molar-refractivity contribution in [2.45, 2.75) is 43.9 Å². The molecule has 0 bridgehead atoms. The number of likely N-dealkylation sites (N-methyl/N-ethyl adjacent to an activating group) is 1. The van der Waals surface area contributed by atoms with Crippen LogP contribution < -0.4 is 5.32 Å². The summed E-state index contributed by atoms with van der Waals surface area (Å²) >= 11 is 0. The predicted octanol–water partition coefficient (Wildman–Crippen LogP) is 2.62. The Kier molecular flexibility index (Phi) is 6.57. The lowest BCUT2D eigenvalue weighted by atomic mass is 9.97. The summed E-state index contributed by atoms with van der Waals surface area (Å²) < 4.78 is 26.0. The van der Waals surface area contributed by atoms with Gasteiger partial charge < -0.3 is 5.32 Å². The second-order valence-corrected chi connectivity index (χ2v) is 8.33. The Hall–Kier alpha value is -1.66. The minimum Gasteiger partial charge on any atom is -0.355 e. The molecule has 0 radical (unpaired) electrons. The van der Waals surface area contributed by atoms with Gasteiger partial charge >= 0.3 is 0 Å². The number of rotatable bonds is 7. The number of carbonyl (C=O) groups excluding carboxylic acids is 1. The summed E-state index contributed by atoms with van der Waals surface area (Å²) in [6.45, 7) is 2.29. The van der Waals surface area contributed by atoms with Crippen molar-refractivity contribution in [3.63, 3.8) is 0 Å². The highest BCUT2D eigenvalue weighted by molar-refractivity contribution is 7.89. The molecular weight excluding hydrogens is 324 g/mol. The van der Waals surface area contributed by atoms with Crippen LogP contribution in [-0.2, 0) is 14.8 Å². The van der Waals surface area contributed by atoms with Crippen molar-refractivity contribution in [1.82, 2.24) is 9.62 Å². The molecule has 0 saturated heterocycles. The first-order valence-corrected chi connectivity index (χ1v) is 9.81. The Bertz CT molecular complexity index is 693. The number of amides is 1. The third kappa shape index (κ3) is 5.18. The van der Waals surface area contributed by atoms with Gasteiger partial charge in [-0.3, -0.25) is 4.79 Å². The van der Waals surface area contributed by atoms with Crippen molar-refractivity contribution in [3.05, 3.63) is 41.5 Å². The molecule has 1 aromatic carbocycles. The van der Waals surface area contributed by atoms with Crippen LogP contribution in [0.2, 0.25) is 0 Å². The summed E-state index contributed by atoms with van der Waals surface area (Å²) in [5, 5.41) is 2.81. The van der Waals surface area contributed by atoms with E-state index in [4.69, 9.17) is 0 Å². The maximum Gasteiger partial charge on any atom is 0.243 e. The first-order chi connectivity index (χ1) is 11.4. The highest BCUT2D eigenvalue weighted by Gasteiger charge is 2.22. The van der Waals surface area contributed by atoms with E-state index in [1.54, 1.807) is 24.3 Å². The summed E-state index contributed by atoms with van der Waals surface area (Å²) in [4.78, 5) is 12.2. The van der Waals surface area contributed by atoms with Crippen molar-refractivity contribution in [2.75, 3.05) is 20.1 Å². The van der Waals surface area contributed by atoms with E-state index in [1.165, 1.54) is 25.5 Å². The van der Waals surface area contributed by atoms with Crippen molar-refractivity contribution in [3.8, 4) is 0 Å². The number of nitrogens with one attached hydrogen (secondary N) is 1. The van der Waals surface area contributed by atoms with Gasteiger partial charge in [-0.25, -0.2) is 8.42 Å². The van der Waals surface area contributed by atoms with Crippen LogP contribution in [0.15, 0.2) is 40.8 Å². The maximum atomic E-state index is 12.4. The van der Waals surface area contributed by atoms with Crippen molar-refractivity contribution >= 4 is 15.9 Å². The van der Waals surface area contributed by atoms with E-state index >= 15 is 0 Å². The molecule has 5 nitrogen and oxygen atoms in total. The lowest BCUT2D eigenvalue weighted by molar-refractivity contribution is -0.121. The van der Waals surface area contributed by atoms with E-state index < -0.39 is 10.0 Å². The number of hydrogen-bond donors (Lipinski definition) is 1. The lowest BCUT2D eigenvalue weighted by Gasteiger charge is -2.17. The molecule has 0 saturated carbocycles. The first-order valence-electron chi connectivity index (χ1n) is 8.37. The lowest BCUT2D eigenvalue weighted by Crippen LogP contribution is -2.38. The molecule has 1 aliphatic carbocycles. The normalized spacial score (nSPS) is 15.2. The van der Waals surface area contributed by atoms with Gasteiger partial charge in [0.1, 0.15) is 0 Å². The SMILES string of the molecule is Cc1ccc(S(=O)(=O)N(C)CC(=O)NCCC2=CCCCC2)cc1. The van der Waals surface area contributed by atoms with Gasteiger partial charge in [-0.1, -0.05) is 29.3 Å². The molecule has 0 aromatic heterocycles. The summed E-state index contributed by atoms with van der Waals surface area (Å²) in [5.41, 5.74) is 2.38. The number of sulfonamides is 1. The molecule has 0 unspecified atom stereocenters. The molecule has 0 heterocycles. The zero-order chi connectivity index (χ0) is 17.6. The van der Waals surface area contributed by atoms with Crippen LogP contribution in [-0.4, -0.2) is 38.8 Å². The quantitative estimate of drug-likeness (QED) is 0.769. The Morgan fingerprint density at radius 3 is 2.54 bits per heavy atom. The standard InChI is InChI=1S/C18H26N2O3S/c1-15-8-10-17(11-9-15)24(22,23)20(2)14-18(21)19-13-12-16-6-4-3-5-7-16/h6,8-11H,3-5,7,12-14H2,1-2H3,(H,19,21). The monoisotopic (exact) mass is 350 g/mol. The van der Waals surface area contributed by atoms with Gasteiger partial charge in [0, 0.05) is 13.6 Å². The number of carbonyl (C=O) groups is 1. The van der Waals surface area contributed by atoms with Crippen molar-refractivity contribution < 1.29 is 13.2 Å². The molecule has 0 aliphatic heterocycles. The van der Waals surface area contributed by atoms with E-state index in [-0.39, 0.29) is 17.3 Å². The van der Waals surface area contributed by atoms with Crippen LogP contribution in [0, 0.1) is 6.92 Å². The second kappa shape index (κ2) is 8.44. The van der Waals surface area contributed by atoms with E-state index in [0.29, 0.717) is 6.54 Å². The predicted molar refractivity (Wildman–Crippen MR) is 95.2 cm³/mol. The number of aryl methyl sites for hydroxylation is 1. The molecule has 1 aliphatic rings. The van der Waals surface area contributed by atoms with E-state index in [2.05, 4.69) is 11.4 Å². The Balaban J connectivity index is 1.84. The number of benzene rings is 1. The molecule has 24 heavy (non-hydrogen) atoms.